The van der Waals surface area contributed by atoms with E-state index >= 15 is 0 Å². The van der Waals surface area contributed by atoms with Crippen LogP contribution in [-0.2, 0) is 29.6 Å². The molecule has 2 aromatic carbocycles. The van der Waals surface area contributed by atoms with Crippen molar-refractivity contribution in [2.45, 2.75) is 21.6 Å². The number of amides is 1. The molecule has 13 heteroatoms. The molecule has 1 saturated heterocycles. The molecule has 1 aliphatic heterocycles. The van der Waals surface area contributed by atoms with Gasteiger partial charge in [0.25, 0.3) is 10.0 Å². The van der Waals surface area contributed by atoms with E-state index in [4.69, 9.17) is 9.47 Å². The normalized spacial score (nSPS) is 15.1. The first kappa shape index (κ1) is 25.3. The molecule has 1 aliphatic rings. The summed E-state index contributed by atoms with van der Waals surface area (Å²) in [4.78, 5) is 12.0. The van der Waals surface area contributed by atoms with Crippen molar-refractivity contribution in [1.82, 2.24) is 4.31 Å². The molecule has 0 aliphatic carbocycles. The van der Waals surface area contributed by atoms with Crippen LogP contribution in [0.4, 0.5) is 11.4 Å². The number of methoxy groups -OCH3 is 1. The minimum Gasteiger partial charge on any atom is -0.495 e. The van der Waals surface area contributed by atoms with Gasteiger partial charge in [-0.1, -0.05) is 0 Å². The number of carbonyl (C=O) groups is 1. The number of ether oxygens (including phenoxy) is 2. The molecular weight excluding hydrogens is 490 g/mol. The first-order valence-electron chi connectivity index (χ1n) is 9.83. The van der Waals surface area contributed by atoms with Crippen molar-refractivity contribution in [1.29, 1.82) is 0 Å². The molecule has 0 unspecified atom stereocenters. The van der Waals surface area contributed by atoms with E-state index in [9.17, 15) is 21.6 Å². The topological polar surface area (TPSA) is 131 Å². The first-order chi connectivity index (χ1) is 15.6. The van der Waals surface area contributed by atoms with Crippen molar-refractivity contribution in [2.75, 3.05) is 49.7 Å². The molecule has 0 atom stereocenters. The lowest BCUT2D eigenvalue weighted by Gasteiger charge is -2.26. The molecule has 2 N–H and O–H groups in total. The summed E-state index contributed by atoms with van der Waals surface area (Å²) >= 11 is 1.35. The fraction of sp³-hybridized carbons (Fsp3) is 0.350. The second kappa shape index (κ2) is 10.3. The fourth-order valence-corrected chi connectivity index (χ4v) is 6.26. The number of thioether (sulfide) groups is 1. The van der Waals surface area contributed by atoms with Gasteiger partial charge >= 0.3 is 0 Å². The van der Waals surface area contributed by atoms with Crippen LogP contribution in [0.5, 0.6) is 5.75 Å². The van der Waals surface area contributed by atoms with Gasteiger partial charge in [0.15, 0.2) is 0 Å². The summed E-state index contributed by atoms with van der Waals surface area (Å²) in [6.07, 6.45) is 1.80. The molecule has 0 saturated carbocycles. The molecule has 10 nitrogen and oxygen atoms in total. The largest absolute Gasteiger partial charge is 0.495 e. The Morgan fingerprint density at radius 3 is 2.27 bits per heavy atom. The van der Waals surface area contributed by atoms with Crippen LogP contribution in [0.2, 0.25) is 0 Å². The number of hydrogen-bond acceptors (Lipinski definition) is 8. The van der Waals surface area contributed by atoms with Crippen molar-refractivity contribution in [3.63, 3.8) is 0 Å². The van der Waals surface area contributed by atoms with E-state index in [-0.39, 0.29) is 53.4 Å². The van der Waals surface area contributed by atoms with E-state index in [2.05, 4.69) is 10.0 Å². The van der Waals surface area contributed by atoms with Gasteiger partial charge in [0.1, 0.15) is 5.75 Å². The fourth-order valence-electron chi connectivity index (χ4n) is 3.21. The van der Waals surface area contributed by atoms with Crippen LogP contribution in [-0.4, -0.2) is 66.7 Å². The zero-order valence-electron chi connectivity index (χ0n) is 18.3. The van der Waals surface area contributed by atoms with Crippen LogP contribution in [0.1, 0.15) is 6.92 Å². The first-order valence-corrected chi connectivity index (χ1v) is 14.0. The number of morpholine rings is 1. The SMILES string of the molecule is COc1ccc(S(=O)(=O)N2CCOCC2)cc1NS(=O)(=O)c1ccc(SC)c(NC(C)=O)c1. The van der Waals surface area contributed by atoms with Crippen molar-refractivity contribution in [3.8, 4) is 5.75 Å². The molecule has 3 rings (SSSR count). The standard InChI is InChI=1S/C20H25N3O7S3/c1-14(24)21-18-12-15(5-7-20(18)31-3)32(25,26)22-17-13-16(4-6-19(17)29-2)33(27,28)23-8-10-30-11-9-23/h4-7,12-13,22H,8-11H2,1-3H3,(H,21,24). The molecule has 1 heterocycles. The highest BCUT2D eigenvalue weighted by molar-refractivity contribution is 7.98. The maximum absolute atomic E-state index is 13.1. The van der Waals surface area contributed by atoms with E-state index in [1.807, 2.05) is 0 Å². The lowest BCUT2D eigenvalue weighted by atomic mass is 10.3. The van der Waals surface area contributed by atoms with Crippen LogP contribution in [0.25, 0.3) is 0 Å². The van der Waals surface area contributed by atoms with E-state index in [1.54, 1.807) is 12.3 Å². The summed E-state index contributed by atoms with van der Waals surface area (Å²) in [5.74, 6) is -0.183. The summed E-state index contributed by atoms with van der Waals surface area (Å²) in [7, 11) is -6.63. The van der Waals surface area contributed by atoms with E-state index in [0.717, 1.165) is 0 Å². The third-order valence-electron chi connectivity index (χ3n) is 4.82. The van der Waals surface area contributed by atoms with Gasteiger partial charge in [-0.05, 0) is 42.7 Å². The summed E-state index contributed by atoms with van der Waals surface area (Å²) < 4.78 is 66.4. The minimum atomic E-state index is -4.14. The summed E-state index contributed by atoms with van der Waals surface area (Å²) in [5, 5.41) is 2.62. The number of nitrogens with zero attached hydrogens (tertiary/aromatic N) is 1. The van der Waals surface area contributed by atoms with Gasteiger partial charge in [-0.25, -0.2) is 16.8 Å². The number of hydrogen-bond donors (Lipinski definition) is 2. The molecule has 33 heavy (non-hydrogen) atoms. The second-order valence-corrected chi connectivity index (χ2v) is 11.5. The molecule has 1 fully saturated rings. The van der Waals surface area contributed by atoms with E-state index < -0.39 is 20.0 Å². The van der Waals surface area contributed by atoms with Crippen molar-refractivity contribution in [3.05, 3.63) is 36.4 Å². The molecule has 180 valence electrons. The third kappa shape index (κ3) is 5.79. The Kier molecular flexibility index (Phi) is 7.90. The maximum Gasteiger partial charge on any atom is 0.262 e. The average Bonchev–Trinajstić information content (AvgIpc) is 2.79. The van der Waals surface area contributed by atoms with Gasteiger partial charge in [-0.3, -0.25) is 9.52 Å². The Bertz CT molecular complexity index is 1240. The Morgan fingerprint density at radius 2 is 1.67 bits per heavy atom. The van der Waals surface area contributed by atoms with E-state index in [1.165, 1.54) is 60.4 Å². The number of benzene rings is 2. The predicted octanol–water partition coefficient (Wildman–Crippen LogP) is 2.20. The molecule has 1 amide bonds. The van der Waals surface area contributed by atoms with Gasteiger partial charge in [-0.15, -0.1) is 11.8 Å². The van der Waals surface area contributed by atoms with Crippen molar-refractivity contribution in [2.24, 2.45) is 0 Å². The monoisotopic (exact) mass is 515 g/mol. The minimum absolute atomic E-state index is 0.0261. The molecule has 2 aromatic rings. The maximum atomic E-state index is 13.1. The van der Waals surface area contributed by atoms with Crippen LogP contribution >= 0.6 is 11.8 Å². The van der Waals surface area contributed by atoms with Gasteiger partial charge < -0.3 is 14.8 Å². The highest BCUT2D eigenvalue weighted by Gasteiger charge is 2.28. The zero-order valence-corrected chi connectivity index (χ0v) is 20.8. The number of sulfonamides is 2. The second-order valence-electron chi connectivity index (χ2n) is 7.03. The molecule has 0 aromatic heterocycles. The van der Waals surface area contributed by atoms with Gasteiger partial charge in [-0.2, -0.15) is 4.31 Å². The number of carbonyl (C=O) groups excluding carboxylic acids is 1. The smallest absolute Gasteiger partial charge is 0.262 e. The number of anilines is 2. The van der Waals surface area contributed by atoms with Gasteiger partial charge in [0, 0.05) is 24.9 Å². The van der Waals surface area contributed by atoms with Crippen molar-refractivity contribution >= 4 is 49.1 Å². The Hall–Kier alpha value is -2.32. The van der Waals surface area contributed by atoms with Crippen LogP contribution in [0.15, 0.2) is 51.1 Å². The summed E-state index contributed by atoms with van der Waals surface area (Å²) in [5.41, 5.74) is 0.329. The Labute approximate surface area is 197 Å². The van der Waals surface area contributed by atoms with Crippen LogP contribution in [0.3, 0.4) is 0 Å². The highest BCUT2D eigenvalue weighted by atomic mass is 32.2. The molecule has 0 bridgehead atoms. The lowest BCUT2D eigenvalue weighted by Crippen LogP contribution is -2.40. The summed E-state index contributed by atoms with van der Waals surface area (Å²) in [6, 6.07) is 8.32. The van der Waals surface area contributed by atoms with Gasteiger partial charge in [0.05, 0.1) is 41.5 Å². The molecule has 0 radical (unpaired) electrons. The molecular formula is C20H25N3O7S3. The third-order valence-corrected chi connectivity index (χ3v) is 8.87. The van der Waals surface area contributed by atoms with Crippen LogP contribution in [0, 0.1) is 0 Å². The quantitative estimate of drug-likeness (QED) is 0.512. The van der Waals surface area contributed by atoms with Crippen molar-refractivity contribution < 1.29 is 31.1 Å². The lowest BCUT2D eigenvalue weighted by molar-refractivity contribution is -0.114. The predicted molar refractivity (Wildman–Crippen MR) is 126 cm³/mol. The molecule has 0 spiro atoms. The zero-order chi connectivity index (χ0) is 24.2. The van der Waals surface area contributed by atoms with Crippen LogP contribution < -0.4 is 14.8 Å². The number of rotatable bonds is 8. The summed E-state index contributed by atoms with van der Waals surface area (Å²) in [6.45, 7) is 2.33. The van der Waals surface area contributed by atoms with E-state index in [0.29, 0.717) is 10.6 Å². The Balaban J connectivity index is 1.98. The van der Waals surface area contributed by atoms with Gasteiger partial charge in [0.2, 0.25) is 15.9 Å². The highest BCUT2D eigenvalue weighted by Crippen LogP contribution is 2.33. The average molecular weight is 516 g/mol. The Morgan fingerprint density at radius 1 is 1.03 bits per heavy atom. The number of nitrogens with one attached hydrogen (secondary N) is 2.